The molecule has 0 unspecified atom stereocenters. The van der Waals surface area contributed by atoms with Gasteiger partial charge < -0.3 is 4.42 Å². The highest BCUT2D eigenvalue weighted by atomic mass is 32.1. The number of para-hydroxylation sites is 1. The zero-order valence-electron chi connectivity index (χ0n) is 74.5. The lowest BCUT2D eigenvalue weighted by Crippen LogP contribution is -1.93. The number of thiazole rings is 1. The van der Waals surface area contributed by atoms with Crippen molar-refractivity contribution in [3.63, 3.8) is 0 Å². The van der Waals surface area contributed by atoms with Crippen molar-refractivity contribution in [3.8, 4) is 0 Å². The van der Waals surface area contributed by atoms with E-state index in [4.69, 9.17) is 4.42 Å². The first-order chi connectivity index (χ1) is 48.7. The predicted octanol–water partition coefficient (Wildman–Crippen LogP) is 33.7. The van der Waals surface area contributed by atoms with Gasteiger partial charge in [0.15, 0.2) is 4.96 Å². The Bertz CT molecular complexity index is 2490. The van der Waals surface area contributed by atoms with Crippen LogP contribution in [0.3, 0.4) is 0 Å². The number of hydrogen-bond donors (Lipinski definition) is 0. The second-order valence-electron chi connectivity index (χ2n) is 26.4. The Morgan fingerprint density at radius 1 is 0.373 bits per heavy atom. The Labute approximate surface area is 648 Å². The number of rotatable bonds is 1. The van der Waals surface area contributed by atoms with Gasteiger partial charge in [-0.05, 0) is 124 Å². The number of nitrogens with zero attached hydrogens (tertiary/aromatic N) is 6. The second kappa shape index (κ2) is 100. The SMILES string of the molecule is C1CCCC1.C1CCCC1.CC.CC.CC.CC.CC.CC.CC.CC.CC(C)C.CC(C)C.CC(C)C.CC(C)C.CC(C)C.CC(C)C.CC(C)C.CC(C)C1CC1.O=c1ccc2ccccc2o1.c1ccc2nonc2c1.c1ccc2nsnc2c1.c1ccsc1.c1cn2ccsc2n1. The summed E-state index contributed by atoms with van der Waals surface area (Å²) in [5, 5.41) is 14.3. The average Bonchev–Trinajstić information content (AvgIpc) is 1.19. The molecule has 12 heteroatoms. The molecule has 0 bridgehead atoms. The minimum atomic E-state index is -0.302. The summed E-state index contributed by atoms with van der Waals surface area (Å²) in [6, 6.07) is 30.0. The van der Waals surface area contributed by atoms with Crippen molar-refractivity contribution < 1.29 is 9.05 Å². The highest BCUT2D eigenvalue weighted by Crippen LogP contribution is 2.35. The normalized spacial score (nSPS) is 10.7. The van der Waals surface area contributed by atoms with Gasteiger partial charge in [-0.15, -0.1) is 11.3 Å². The smallest absolute Gasteiger partial charge is 0.336 e. The fourth-order valence-corrected chi connectivity index (χ4v) is 7.54. The summed E-state index contributed by atoms with van der Waals surface area (Å²) >= 11 is 4.61. The van der Waals surface area contributed by atoms with E-state index >= 15 is 0 Å². The van der Waals surface area contributed by atoms with Crippen molar-refractivity contribution >= 4 is 72.4 Å². The number of benzene rings is 3. The van der Waals surface area contributed by atoms with Crippen molar-refractivity contribution in [3.05, 3.63) is 142 Å². The Kier molecular flexibility index (Phi) is 119. The predicted molar refractivity (Wildman–Crippen MR) is 477 cm³/mol. The molecule has 3 aliphatic rings. The molecular weight excluding hydrogens is 1310 g/mol. The quantitative estimate of drug-likeness (QED) is 0.149. The van der Waals surface area contributed by atoms with Crippen molar-refractivity contribution in [1.29, 1.82) is 0 Å². The summed E-state index contributed by atoms with van der Waals surface area (Å²) in [6.45, 7) is 82.1. The van der Waals surface area contributed by atoms with E-state index in [1.54, 1.807) is 41.0 Å². The van der Waals surface area contributed by atoms with E-state index in [2.05, 4.69) is 188 Å². The number of fused-ring (bicyclic) bond motifs is 4. The minimum absolute atomic E-state index is 0.302. The highest BCUT2D eigenvalue weighted by Gasteiger charge is 2.24. The minimum Gasteiger partial charge on any atom is -0.423 e. The number of imidazole rings is 1. The lowest BCUT2D eigenvalue weighted by molar-refractivity contribution is 0.315. The Morgan fingerprint density at radius 2 is 0.676 bits per heavy atom. The van der Waals surface area contributed by atoms with E-state index in [0.29, 0.717) is 5.58 Å². The van der Waals surface area contributed by atoms with Crippen molar-refractivity contribution in [2.24, 2.45) is 53.3 Å². The van der Waals surface area contributed by atoms with E-state index in [1.807, 2.05) is 223 Å². The topological polar surface area (TPSA) is 112 Å². The Hall–Kier alpha value is -5.04. The monoisotopic (exact) mass is 1480 g/mol. The molecule has 0 atom stereocenters. The Balaban J connectivity index is -0.0000000965. The standard InChI is InChI=1S/C9H6O2.C6H4N2O.C6H4N2S.C6H12.C5H4N2S.2C5H10.C4H4S.7C4H10.8C2H6/c10-9-6-5-7-3-1-2-4-8(7)11-9;2*1-2-4-6-5(3-1)7-9-8-6;1-5(2)6-3-4-6;1-2-7-3-4-8-5(7)6-1;3*1-2-4-5-3-1;7*1-4(2)3;8*1-2/h1-6H;2*1-4H;5-6H,3-4H2,1-2H3;1-4H;2*1-5H2;1-4H;7*4H,1-3H3;8*1-2H3. The molecule has 0 spiro atoms. The van der Waals surface area contributed by atoms with E-state index in [1.165, 1.54) is 94.8 Å². The first kappa shape index (κ1) is 121. The van der Waals surface area contributed by atoms with Crippen LogP contribution in [0.1, 0.15) is 347 Å². The second-order valence-corrected chi connectivity index (χ2v) is 28.6. The van der Waals surface area contributed by atoms with Crippen LogP contribution in [-0.2, 0) is 0 Å². The molecule has 9 nitrogen and oxygen atoms in total. The fourth-order valence-electron chi connectivity index (χ4n) is 5.88. The molecule has 3 saturated carbocycles. The van der Waals surface area contributed by atoms with Crippen LogP contribution in [0.4, 0.5) is 0 Å². The molecule has 6 heterocycles. The summed E-state index contributed by atoms with van der Waals surface area (Å²) in [7, 11) is 0. The van der Waals surface area contributed by atoms with E-state index in [0.717, 1.165) is 85.7 Å². The molecule has 0 radical (unpaired) electrons. The summed E-state index contributed by atoms with van der Waals surface area (Å²) < 4.78 is 19.5. The van der Waals surface area contributed by atoms with Crippen molar-refractivity contribution in [2.45, 2.75) is 347 Å². The number of hydrogen-bond acceptors (Lipinski definition) is 11. The van der Waals surface area contributed by atoms with Crippen LogP contribution < -0.4 is 5.63 Å². The van der Waals surface area contributed by atoms with Gasteiger partial charge in [-0.3, -0.25) is 4.40 Å². The highest BCUT2D eigenvalue weighted by molar-refractivity contribution is 7.15. The zero-order valence-corrected chi connectivity index (χ0v) is 77.0. The third-order valence-corrected chi connectivity index (χ3v) is 11.3. The first-order valence-corrected chi connectivity index (χ1v) is 42.9. The zero-order chi connectivity index (χ0) is 81.5. The van der Waals surface area contributed by atoms with Gasteiger partial charge in [0.25, 0.3) is 0 Å². The molecule has 0 amide bonds. The summed E-state index contributed by atoms with van der Waals surface area (Å²) in [5.41, 5.74) is 3.92. The van der Waals surface area contributed by atoms with Crippen LogP contribution >= 0.6 is 34.4 Å². The molecule has 3 aromatic carbocycles. The molecule has 0 saturated heterocycles. The summed E-state index contributed by atoms with van der Waals surface area (Å²) in [6.07, 6.45) is 23.7. The molecule has 102 heavy (non-hydrogen) atoms. The molecule has 0 N–H and O–H groups in total. The van der Waals surface area contributed by atoms with Crippen molar-refractivity contribution in [1.82, 2.24) is 28.4 Å². The van der Waals surface area contributed by atoms with Crippen LogP contribution in [-0.4, -0.2) is 28.4 Å². The molecule has 12 rings (SSSR count). The Morgan fingerprint density at radius 3 is 0.951 bits per heavy atom. The molecule has 598 valence electrons. The van der Waals surface area contributed by atoms with E-state index in [-0.39, 0.29) is 5.63 Å². The molecule has 9 aromatic rings. The van der Waals surface area contributed by atoms with Gasteiger partial charge in [0.2, 0.25) is 0 Å². The lowest BCUT2D eigenvalue weighted by atomic mass is 10.1. The van der Waals surface area contributed by atoms with E-state index < -0.39 is 0 Å². The lowest BCUT2D eigenvalue weighted by Gasteiger charge is -1.94. The van der Waals surface area contributed by atoms with Crippen LogP contribution in [0, 0.1) is 53.3 Å². The molecule has 6 aromatic heterocycles. The van der Waals surface area contributed by atoms with Crippen LogP contribution in [0.25, 0.3) is 38.0 Å². The van der Waals surface area contributed by atoms with Gasteiger partial charge in [0, 0.05) is 35.4 Å². The average molecular weight is 1480 g/mol. The summed E-state index contributed by atoms with van der Waals surface area (Å²) in [5.74, 6) is 7.90. The number of thiophene rings is 1. The molecular formula is C90H172N6O3S3. The largest absolute Gasteiger partial charge is 0.423 e. The fraction of sp³-hybridized carbons (Fsp3) is 0.667. The van der Waals surface area contributed by atoms with Crippen LogP contribution in [0.15, 0.2) is 146 Å². The van der Waals surface area contributed by atoms with Crippen LogP contribution in [0.5, 0.6) is 0 Å². The molecule has 0 aliphatic heterocycles. The molecule has 3 fully saturated rings. The van der Waals surface area contributed by atoms with Gasteiger partial charge in [-0.2, -0.15) is 20.1 Å². The van der Waals surface area contributed by atoms with Gasteiger partial charge in [0.05, 0.1) is 11.7 Å². The third kappa shape index (κ3) is 111. The summed E-state index contributed by atoms with van der Waals surface area (Å²) in [4.78, 5) is 15.8. The maximum atomic E-state index is 10.7. The molecule has 3 aliphatic carbocycles. The van der Waals surface area contributed by atoms with E-state index in [9.17, 15) is 4.79 Å². The maximum Gasteiger partial charge on any atom is 0.336 e. The van der Waals surface area contributed by atoms with Gasteiger partial charge in [-0.25, -0.2) is 14.4 Å². The number of aromatic nitrogens is 6. The maximum absolute atomic E-state index is 10.7. The van der Waals surface area contributed by atoms with Gasteiger partial charge >= 0.3 is 5.63 Å². The first-order valence-electron chi connectivity index (χ1n) is 40.4. The third-order valence-electron chi connectivity index (χ3n) is 9.37. The van der Waals surface area contributed by atoms with Crippen molar-refractivity contribution in [2.75, 3.05) is 0 Å². The van der Waals surface area contributed by atoms with Crippen LogP contribution in [0.2, 0.25) is 0 Å². The van der Waals surface area contributed by atoms with Gasteiger partial charge in [0.1, 0.15) is 27.6 Å². The van der Waals surface area contributed by atoms with Gasteiger partial charge in [-0.1, -0.05) is 389 Å².